The van der Waals surface area contributed by atoms with Crippen molar-refractivity contribution in [2.75, 3.05) is 13.1 Å². The maximum atomic E-state index is 6.30. The van der Waals surface area contributed by atoms with Gasteiger partial charge >= 0.3 is 0 Å². The summed E-state index contributed by atoms with van der Waals surface area (Å²) in [4.78, 5) is 3.52. The second-order valence-electron chi connectivity index (χ2n) is 4.53. The van der Waals surface area contributed by atoms with Gasteiger partial charge in [-0.2, -0.15) is 0 Å². The summed E-state index contributed by atoms with van der Waals surface area (Å²) in [6.45, 7) is 4.33. The zero-order chi connectivity index (χ0) is 11.1. The van der Waals surface area contributed by atoms with Gasteiger partial charge in [0.05, 0.1) is 5.02 Å². The normalized spacial score (nSPS) is 20.8. The van der Waals surface area contributed by atoms with Crippen LogP contribution in [0.15, 0.2) is 18.2 Å². The van der Waals surface area contributed by atoms with Gasteiger partial charge in [-0.3, -0.25) is 0 Å². The van der Waals surface area contributed by atoms with Gasteiger partial charge in [-0.05, 0) is 30.7 Å². The first kappa shape index (κ1) is 10.2. The summed E-state index contributed by atoms with van der Waals surface area (Å²) in [6.07, 6.45) is 1.06. The lowest BCUT2D eigenvalue weighted by molar-refractivity contribution is 0.637. The minimum atomic E-state index is 0.529. The molecule has 2 nitrogen and oxygen atoms in total. The number of nitrogens with one attached hydrogen (secondary N) is 2. The standard InChI is InChI=1S/C13H15ClN2/c1-8-7-15-6-5-9-12-10(14)3-2-4-11(12)16-13(8)9/h2-4,8,15-16H,5-7H2,1H3. The lowest BCUT2D eigenvalue weighted by Crippen LogP contribution is -2.18. The molecule has 1 aliphatic rings. The molecule has 1 atom stereocenters. The first-order valence-corrected chi connectivity index (χ1v) is 6.15. The van der Waals surface area contributed by atoms with Crippen molar-refractivity contribution in [3.63, 3.8) is 0 Å². The van der Waals surface area contributed by atoms with Crippen LogP contribution < -0.4 is 5.32 Å². The van der Waals surface area contributed by atoms with Gasteiger partial charge in [0, 0.05) is 29.1 Å². The summed E-state index contributed by atoms with van der Waals surface area (Å²) in [6, 6.07) is 6.08. The summed E-state index contributed by atoms with van der Waals surface area (Å²) >= 11 is 6.30. The van der Waals surface area contributed by atoms with Crippen LogP contribution in [0.4, 0.5) is 0 Å². The number of H-pyrrole nitrogens is 1. The Kier molecular flexibility index (Phi) is 2.41. The van der Waals surface area contributed by atoms with Gasteiger partial charge in [0.2, 0.25) is 0 Å². The van der Waals surface area contributed by atoms with Gasteiger partial charge in [-0.15, -0.1) is 0 Å². The van der Waals surface area contributed by atoms with Crippen LogP contribution in [0.1, 0.15) is 24.1 Å². The second-order valence-corrected chi connectivity index (χ2v) is 4.94. The van der Waals surface area contributed by atoms with Crippen LogP contribution in [-0.2, 0) is 6.42 Å². The molecule has 0 saturated carbocycles. The van der Waals surface area contributed by atoms with Crippen molar-refractivity contribution in [1.82, 2.24) is 10.3 Å². The third kappa shape index (κ3) is 1.45. The molecule has 84 valence electrons. The number of fused-ring (bicyclic) bond motifs is 3. The Morgan fingerprint density at radius 1 is 1.38 bits per heavy atom. The molecule has 2 N–H and O–H groups in total. The average Bonchev–Trinajstić information content (AvgIpc) is 2.56. The van der Waals surface area contributed by atoms with Crippen molar-refractivity contribution in [2.45, 2.75) is 19.3 Å². The largest absolute Gasteiger partial charge is 0.358 e. The second kappa shape index (κ2) is 3.79. The summed E-state index contributed by atoms with van der Waals surface area (Å²) in [5, 5.41) is 5.53. The predicted octanol–water partition coefficient (Wildman–Crippen LogP) is 3.07. The molecule has 2 heterocycles. The Labute approximate surface area is 100.0 Å². The van der Waals surface area contributed by atoms with E-state index in [0.29, 0.717) is 5.92 Å². The van der Waals surface area contributed by atoms with Crippen LogP contribution in [-0.4, -0.2) is 18.1 Å². The van der Waals surface area contributed by atoms with E-state index in [-0.39, 0.29) is 0 Å². The number of aromatic nitrogens is 1. The highest BCUT2D eigenvalue weighted by Crippen LogP contribution is 2.33. The molecule has 1 unspecified atom stereocenters. The number of hydrogen-bond donors (Lipinski definition) is 2. The smallest absolute Gasteiger partial charge is 0.0502 e. The fourth-order valence-electron chi connectivity index (χ4n) is 2.60. The Bertz CT molecular complexity index is 530. The van der Waals surface area contributed by atoms with Crippen LogP contribution in [0.5, 0.6) is 0 Å². The van der Waals surface area contributed by atoms with Gasteiger partial charge < -0.3 is 10.3 Å². The molecule has 0 aliphatic carbocycles. The molecule has 0 saturated heterocycles. The van der Waals surface area contributed by atoms with Crippen LogP contribution in [0, 0.1) is 0 Å². The fourth-order valence-corrected chi connectivity index (χ4v) is 2.89. The van der Waals surface area contributed by atoms with Crippen LogP contribution in [0.2, 0.25) is 5.02 Å². The minimum absolute atomic E-state index is 0.529. The summed E-state index contributed by atoms with van der Waals surface area (Å²) in [5.41, 5.74) is 3.93. The molecule has 1 aliphatic heterocycles. The number of rotatable bonds is 0. The molecule has 1 aromatic carbocycles. The molecule has 2 aromatic rings. The molecule has 3 rings (SSSR count). The van der Waals surface area contributed by atoms with Crippen molar-refractivity contribution in [3.05, 3.63) is 34.5 Å². The van der Waals surface area contributed by atoms with Crippen LogP contribution >= 0.6 is 11.6 Å². The monoisotopic (exact) mass is 234 g/mol. The Balaban J connectivity index is 2.31. The van der Waals surface area contributed by atoms with Crippen molar-refractivity contribution in [2.24, 2.45) is 0 Å². The topological polar surface area (TPSA) is 27.8 Å². The maximum absolute atomic E-state index is 6.30. The highest BCUT2D eigenvalue weighted by atomic mass is 35.5. The Morgan fingerprint density at radius 3 is 3.12 bits per heavy atom. The molecule has 0 bridgehead atoms. The van der Waals surface area contributed by atoms with Crippen LogP contribution in [0.3, 0.4) is 0 Å². The van der Waals surface area contributed by atoms with Crippen molar-refractivity contribution < 1.29 is 0 Å². The van der Waals surface area contributed by atoms with E-state index in [2.05, 4.69) is 23.3 Å². The number of hydrogen-bond acceptors (Lipinski definition) is 1. The third-order valence-electron chi connectivity index (χ3n) is 3.40. The fraction of sp³-hybridized carbons (Fsp3) is 0.385. The summed E-state index contributed by atoms with van der Waals surface area (Å²) in [7, 11) is 0. The lowest BCUT2D eigenvalue weighted by Gasteiger charge is -2.07. The number of benzene rings is 1. The predicted molar refractivity (Wildman–Crippen MR) is 68.3 cm³/mol. The van der Waals surface area contributed by atoms with Gasteiger partial charge in [0.25, 0.3) is 0 Å². The van der Waals surface area contributed by atoms with E-state index in [9.17, 15) is 0 Å². The number of halogens is 1. The first-order valence-electron chi connectivity index (χ1n) is 5.77. The third-order valence-corrected chi connectivity index (χ3v) is 3.72. The number of aromatic amines is 1. The molecule has 0 radical (unpaired) electrons. The van der Waals surface area contributed by atoms with E-state index < -0.39 is 0 Å². The van der Waals surface area contributed by atoms with Gasteiger partial charge in [-0.25, -0.2) is 0 Å². The van der Waals surface area contributed by atoms with Gasteiger partial charge in [0.15, 0.2) is 0 Å². The van der Waals surface area contributed by atoms with E-state index in [4.69, 9.17) is 11.6 Å². The SMILES string of the molecule is CC1CNCCc2c1[nH]c1cccc(Cl)c21. The molecule has 3 heteroatoms. The first-order chi connectivity index (χ1) is 7.77. The summed E-state index contributed by atoms with van der Waals surface area (Å²) < 4.78 is 0. The van der Waals surface area contributed by atoms with Crippen molar-refractivity contribution >= 4 is 22.5 Å². The van der Waals surface area contributed by atoms with Gasteiger partial charge in [0.1, 0.15) is 0 Å². The minimum Gasteiger partial charge on any atom is -0.358 e. The molecule has 0 amide bonds. The van der Waals surface area contributed by atoms with Crippen molar-refractivity contribution in [1.29, 1.82) is 0 Å². The van der Waals surface area contributed by atoms with E-state index >= 15 is 0 Å². The van der Waals surface area contributed by atoms with Crippen LogP contribution in [0.25, 0.3) is 10.9 Å². The van der Waals surface area contributed by atoms with Gasteiger partial charge in [-0.1, -0.05) is 24.6 Å². The quantitative estimate of drug-likeness (QED) is 0.721. The van der Waals surface area contributed by atoms with E-state index in [1.54, 1.807) is 0 Å². The molecule has 1 aromatic heterocycles. The Hall–Kier alpha value is -0.990. The summed E-state index contributed by atoms with van der Waals surface area (Å²) in [5.74, 6) is 0.529. The van der Waals surface area contributed by atoms with Crippen molar-refractivity contribution in [3.8, 4) is 0 Å². The van der Waals surface area contributed by atoms with E-state index in [1.807, 2.05) is 12.1 Å². The maximum Gasteiger partial charge on any atom is 0.0502 e. The van der Waals surface area contributed by atoms with E-state index in [0.717, 1.165) is 24.5 Å². The molecule has 0 spiro atoms. The zero-order valence-electron chi connectivity index (χ0n) is 9.31. The zero-order valence-corrected chi connectivity index (χ0v) is 10.1. The highest BCUT2D eigenvalue weighted by Gasteiger charge is 2.20. The highest BCUT2D eigenvalue weighted by molar-refractivity contribution is 6.35. The Morgan fingerprint density at radius 2 is 2.25 bits per heavy atom. The average molecular weight is 235 g/mol. The lowest BCUT2D eigenvalue weighted by atomic mass is 10.0. The molecule has 0 fully saturated rings. The molecular weight excluding hydrogens is 220 g/mol. The molecular formula is C13H15ClN2. The van der Waals surface area contributed by atoms with E-state index in [1.165, 1.54) is 22.2 Å². The molecule has 16 heavy (non-hydrogen) atoms.